The molecule has 0 aliphatic heterocycles. The van der Waals surface area contributed by atoms with Crippen molar-refractivity contribution in [1.82, 2.24) is 4.57 Å². The highest BCUT2D eigenvalue weighted by molar-refractivity contribution is 7.16. The van der Waals surface area contributed by atoms with Gasteiger partial charge in [-0.2, -0.15) is 5.10 Å². The maximum atomic E-state index is 10.9. The number of nitrogens with zero attached hydrogens (tertiary/aromatic N) is 4. The fourth-order valence-corrected chi connectivity index (χ4v) is 3.22. The van der Waals surface area contributed by atoms with E-state index >= 15 is 0 Å². The van der Waals surface area contributed by atoms with Gasteiger partial charge in [0.15, 0.2) is 0 Å². The first-order valence-corrected chi connectivity index (χ1v) is 8.00. The van der Waals surface area contributed by atoms with Crippen LogP contribution in [-0.2, 0) is 7.05 Å². The summed E-state index contributed by atoms with van der Waals surface area (Å²) in [5, 5.41) is 19.2. The Kier molecular flexibility index (Phi) is 4.62. The molecule has 0 bridgehead atoms. The van der Waals surface area contributed by atoms with E-state index in [2.05, 4.69) is 10.2 Å². The van der Waals surface area contributed by atoms with Crippen LogP contribution in [0.3, 0.4) is 0 Å². The monoisotopic (exact) mass is 338 g/mol. The highest BCUT2D eigenvalue weighted by Crippen LogP contribution is 2.18. The number of benzene rings is 2. The van der Waals surface area contributed by atoms with Crippen LogP contribution >= 0.6 is 11.3 Å². The zero-order valence-corrected chi connectivity index (χ0v) is 13.7. The van der Waals surface area contributed by atoms with Crippen molar-refractivity contribution in [2.45, 2.75) is 0 Å². The number of aryl methyl sites for hydroxylation is 1. The summed E-state index contributed by atoms with van der Waals surface area (Å²) >= 11 is 1.55. The van der Waals surface area contributed by atoms with Crippen LogP contribution in [0.15, 0.2) is 64.8 Å². The van der Waals surface area contributed by atoms with Gasteiger partial charge in [-0.3, -0.25) is 10.1 Å². The molecule has 3 rings (SSSR count). The minimum absolute atomic E-state index is 0.0648. The quantitative estimate of drug-likeness (QED) is 0.413. The van der Waals surface area contributed by atoms with Crippen molar-refractivity contribution < 1.29 is 4.92 Å². The van der Waals surface area contributed by atoms with Crippen molar-refractivity contribution in [1.29, 1.82) is 0 Å². The van der Waals surface area contributed by atoms with Gasteiger partial charge < -0.3 is 4.57 Å². The molecule has 7 heteroatoms. The van der Waals surface area contributed by atoms with E-state index in [1.807, 2.05) is 35.9 Å². The number of nitro groups is 1. The van der Waals surface area contributed by atoms with Crippen molar-refractivity contribution >= 4 is 39.5 Å². The van der Waals surface area contributed by atoms with Crippen LogP contribution in [0.2, 0.25) is 0 Å². The first-order chi connectivity index (χ1) is 11.7. The van der Waals surface area contributed by atoms with Gasteiger partial charge in [-0.25, -0.2) is 0 Å². The van der Waals surface area contributed by atoms with Gasteiger partial charge in [0.25, 0.3) is 5.69 Å². The smallest absolute Gasteiger partial charge is 0.276 e. The molecule has 24 heavy (non-hydrogen) atoms. The van der Waals surface area contributed by atoms with E-state index in [1.54, 1.807) is 41.7 Å². The fraction of sp³-hybridized carbons (Fsp3) is 0.0588. The zero-order valence-electron chi connectivity index (χ0n) is 12.9. The van der Waals surface area contributed by atoms with Crippen LogP contribution in [0.25, 0.3) is 16.3 Å². The number of nitro benzene ring substituents is 1. The second kappa shape index (κ2) is 7.01. The standard InChI is InChI=1S/C17H14N4O2S/c1-20-15-10-4-5-11-16(15)24-17(20)19-18-12-6-8-13-7-2-3-9-14(13)21(22)23/h2-12H,1H3. The summed E-state index contributed by atoms with van der Waals surface area (Å²) in [7, 11) is 1.94. The van der Waals surface area contributed by atoms with E-state index in [0.717, 1.165) is 15.0 Å². The number of thiazole rings is 1. The van der Waals surface area contributed by atoms with E-state index in [0.29, 0.717) is 5.56 Å². The molecular formula is C17H14N4O2S. The van der Waals surface area contributed by atoms with Crippen LogP contribution < -0.4 is 4.80 Å². The third-order valence-electron chi connectivity index (χ3n) is 3.42. The number of rotatable bonds is 4. The van der Waals surface area contributed by atoms with E-state index in [1.165, 1.54) is 12.3 Å². The van der Waals surface area contributed by atoms with Gasteiger partial charge in [0.05, 0.1) is 20.7 Å². The Labute approximate surface area is 141 Å². The Morgan fingerprint density at radius 3 is 2.71 bits per heavy atom. The van der Waals surface area contributed by atoms with Crippen LogP contribution in [0.5, 0.6) is 0 Å². The lowest BCUT2D eigenvalue weighted by molar-refractivity contribution is -0.385. The number of aromatic nitrogens is 1. The Balaban J connectivity index is 1.82. The van der Waals surface area contributed by atoms with Gasteiger partial charge in [0, 0.05) is 19.3 Å². The van der Waals surface area contributed by atoms with Crippen molar-refractivity contribution in [3.63, 3.8) is 0 Å². The second-order valence-corrected chi connectivity index (χ2v) is 5.96. The summed E-state index contributed by atoms with van der Waals surface area (Å²) in [5.74, 6) is 0. The molecule has 0 radical (unpaired) electrons. The molecule has 0 aliphatic rings. The molecule has 0 amide bonds. The summed E-state index contributed by atoms with van der Waals surface area (Å²) in [6.07, 6.45) is 4.79. The molecule has 0 unspecified atom stereocenters. The number of allylic oxidation sites excluding steroid dienone is 1. The van der Waals surface area contributed by atoms with E-state index in [9.17, 15) is 10.1 Å². The maximum Gasteiger partial charge on any atom is 0.276 e. The molecule has 0 saturated carbocycles. The Hall–Kier alpha value is -3.06. The van der Waals surface area contributed by atoms with Crippen molar-refractivity contribution in [2.24, 2.45) is 17.3 Å². The normalized spacial score (nSPS) is 12.6. The fourth-order valence-electron chi connectivity index (χ4n) is 2.24. The summed E-state index contributed by atoms with van der Waals surface area (Å²) in [4.78, 5) is 11.3. The van der Waals surface area contributed by atoms with E-state index < -0.39 is 4.92 Å². The first kappa shape index (κ1) is 15.8. The highest BCUT2D eigenvalue weighted by atomic mass is 32.1. The third kappa shape index (κ3) is 3.31. The van der Waals surface area contributed by atoms with Gasteiger partial charge in [-0.1, -0.05) is 35.6 Å². The summed E-state index contributed by atoms with van der Waals surface area (Å²) in [6.45, 7) is 0. The van der Waals surface area contributed by atoms with Gasteiger partial charge in [-0.15, -0.1) is 5.10 Å². The highest BCUT2D eigenvalue weighted by Gasteiger charge is 2.08. The molecule has 0 N–H and O–H groups in total. The van der Waals surface area contributed by atoms with Crippen molar-refractivity contribution in [3.8, 4) is 0 Å². The average molecular weight is 338 g/mol. The van der Waals surface area contributed by atoms with Gasteiger partial charge in [-0.05, 0) is 30.4 Å². The number of hydrogen-bond donors (Lipinski definition) is 0. The number of fused-ring (bicyclic) bond motifs is 1. The van der Waals surface area contributed by atoms with Gasteiger partial charge >= 0.3 is 0 Å². The number of hydrogen-bond acceptors (Lipinski definition) is 5. The number of para-hydroxylation sites is 2. The van der Waals surface area contributed by atoms with Gasteiger partial charge in [0.1, 0.15) is 0 Å². The summed E-state index contributed by atoms with van der Waals surface area (Å²) in [6, 6.07) is 14.6. The molecule has 2 aromatic carbocycles. The largest absolute Gasteiger partial charge is 0.318 e. The lowest BCUT2D eigenvalue weighted by Crippen LogP contribution is -2.08. The molecule has 0 spiro atoms. The van der Waals surface area contributed by atoms with Crippen LogP contribution in [0.4, 0.5) is 5.69 Å². The van der Waals surface area contributed by atoms with Crippen molar-refractivity contribution in [2.75, 3.05) is 0 Å². The minimum atomic E-state index is -0.404. The molecule has 6 nitrogen and oxygen atoms in total. The van der Waals surface area contributed by atoms with Crippen LogP contribution in [-0.4, -0.2) is 15.7 Å². The summed E-state index contributed by atoms with van der Waals surface area (Å²) in [5.41, 5.74) is 1.70. The molecule has 0 atom stereocenters. The van der Waals surface area contributed by atoms with Crippen LogP contribution in [0, 0.1) is 10.1 Å². The van der Waals surface area contributed by atoms with E-state index in [-0.39, 0.29) is 5.69 Å². The van der Waals surface area contributed by atoms with Gasteiger partial charge in [0.2, 0.25) is 4.80 Å². The summed E-state index contributed by atoms with van der Waals surface area (Å²) < 4.78 is 3.12. The molecular weight excluding hydrogens is 324 g/mol. The van der Waals surface area contributed by atoms with E-state index in [4.69, 9.17) is 0 Å². The predicted molar refractivity (Wildman–Crippen MR) is 97.0 cm³/mol. The predicted octanol–water partition coefficient (Wildman–Crippen LogP) is 3.75. The molecule has 120 valence electrons. The van der Waals surface area contributed by atoms with Crippen molar-refractivity contribution in [3.05, 3.63) is 75.1 Å². The lowest BCUT2D eigenvalue weighted by atomic mass is 10.2. The molecule has 1 aromatic heterocycles. The molecule has 0 fully saturated rings. The molecule has 1 heterocycles. The minimum Gasteiger partial charge on any atom is -0.318 e. The third-order valence-corrected chi connectivity index (χ3v) is 4.52. The first-order valence-electron chi connectivity index (χ1n) is 7.18. The Morgan fingerprint density at radius 1 is 1.17 bits per heavy atom. The molecule has 0 saturated heterocycles. The maximum absolute atomic E-state index is 10.9. The Morgan fingerprint density at radius 2 is 1.92 bits per heavy atom. The molecule has 3 aromatic rings. The molecule has 0 aliphatic carbocycles. The second-order valence-electron chi connectivity index (χ2n) is 4.95. The average Bonchev–Trinajstić information content (AvgIpc) is 2.91. The SMILES string of the molecule is Cn1c(=NN=CC=Cc2ccccc2[N+](=O)[O-])sc2ccccc21. The zero-order chi connectivity index (χ0) is 16.9. The lowest BCUT2D eigenvalue weighted by Gasteiger charge is -1.94. The Bertz CT molecular complexity index is 1010. The van der Waals surface area contributed by atoms with Crippen LogP contribution in [0.1, 0.15) is 5.56 Å². The topological polar surface area (TPSA) is 72.8 Å².